The fourth-order valence-corrected chi connectivity index (χ4v) is 3.52. The van der Waals surface area contributed by atoms with Crippen molar-refractivity contribution in [3.63, 3.8) is 0 Å². The lowest BCUT2D eigenvalue weighted by molar-refractivity contribution is -0.215. The van der Waals surface area contributed by atoms with Crippen molar-refractivity contribution in [2.75, 3.05) is 17.1 Å². The number of halogens is 1. The molecule has 2 amide bonds. The number of alkyl carbamates (subject to hydrolysis) is 1. The van der Waals surface area contributed by atoms with Gasteiger partial charge in [0.2, 0.25) is 0 Å². The Morgan fingerprint density at radius 3 is 2.10 bits per heavy atom. The second-order valence-corrected chi connectivity index (χ2v) is 8.70. The first-order valence-corrected chi connectivity index (χ1v) is 10.3. The maximum absolute atomic E-state index is 13.4. The van der Waals surface area contributed by atoms with Crippen LogP contribution in [0.5, 0.6) is 0 Å². The van der Waals surface area contributed by atoms with Gasteiger partial charge in [0, 0.05) is 5.56 Å². The summed E-state index contributed by atoms with van der Waals surface area (Å²) in [5.41, 5.74) is -0.745. The quantitative estimate of drug-likeness (QED) is 0.664. The van der Waals surface area contributed by atoms with Crippen molar-refractivity contribution in [3.8, 4) is 0 Å². The van der Waals surface area contributed by atoms with E-state index in [9.17, 15) is 9.59 Å². The van der Waals surface area contributed by atoms with Gasteiger partial charge in [0.15, 0.2) is 11.8 Å². The third-order valence-corrected chi connectivity index (χ3v) is 5.08. The van der Waals surface area contributed by atoms with Crippen molar-refractivity contribution in [2.24, 2.45) is 0 Å². The number of nitrogens with one attached hydrogen (secondary N) is 1. The molecule has 1 aliphatic heterocycles. The van der Waals surface area contributed by atoms with Crippen molar-refractivity contribution in [2.45, 2.75) is 38.2 Å². The molecule has 1 N–H and O–H groups in total. The summed E-state index contributed by atoms with van der Waals surface area (Å²) >= 11 is 3.31. The van der Waals surface area contributed by atoms with E-state index in [2.05, 4.69) is 21.5 Å². The third-order valence-electron chi connectivity index (χ3n) is 4.34. The summed E-state index contributed by atoms with van der Waals surface area (Å²) in [5.74, 6) is -0.439. The average molecular weight is 477 g/mol. The Morgan fingerprint density at radius 1 is 1.03 bits per heavy atom. The lowest BCUT2D eigenvalue weighted by Crippen LogP contribution is -2.66. The summed E-state index contributed by atoms with van der Waals surface area (Å²) < 4.78 is 18.4. The molecule has 1 fully saturated rings. The van der Waals surface area contributed by atoms with Crippen LogP contribution in [-0.4, -0.2) is 36.4 Å². The summed E-state index contributed by atoms with van der Waals surface area (Å²) in [4.78, 5) is 25.9. The van der Waals surface area contributed by atoms with Crippen molar-refractivity contribution < 1.29 is 23.8 Å². The molecule has 0 aliphatic carbocycles. The van der Waals surface area contributed by atoms with Crippen molar-refractivity contribution in [1.29, 1.82) is 0 Å². The number of hydrogen-bond acceptors (Lipinski definition) is 5. The zero-order chi connectivity index (χ0) is 21.8. The molecule has 30 heavy (non-hydrogen) atoms. The third kappa shape index (κ3) is 5.38. The molecule has 7 nitrogen and oxygen atoms in total. The standard InChI is InChI=1S/C22H25BrN2O5/c1-21(2,3)30-20(27)24-22(19(26)25(23)17-12-8-5-9-13-17)14-28-18(29-15-22)16-10-6-4-7-11-16/h4-13,18H,14-15H2,1-3H3,(H,24,27). The summed E-state index contributed by atoms with van der Waals surface area (Å²) in [7, 11) is 0. The summed E-state index contributed by atoms with van der Waals surface area (Å²) in [6.07, 6.45) is -1.36. The normalized spacial score (nSPS) is 21.5. The van der Waals surface area contributed by atoms with Crippen LogP contribution >= 0.6 is 16.1 Å². The first kappa shape index (κ1) is 22.3. The highest BCUT2D eigenvalue weighted by atomic mass is 79.9. The van der Waals surface area contributed by atoms with Gasteiger partial charge in [0.25, 0.3) is 5.91 Å². The van der Waals surface area contributed by atoms with Crippen LogP contribution in [0.15, 0.2) is 60.7 Å². The topological polar surface area (TPSA) is 77.1 Å². The van der Waals surface area contributed by atoms with Gasteiger partial charge < -0.3 is 19.5 Å². The maximum atomic E-state index is 13.4. The van der Waals surface area contributed by atoms with E-state index in [4.69, 9.17) is 14.2 Å². The van der Waals surface area contributed by atoms with E-state index >= 15 is 0 Å². The summed E-state index contributed by atoms with van der Waals surface area (Å²) in [5, 5.41) is 2.68. The minimum Gasteiger partial charge on any atom is -0.444 e. The molecule has 3 rings (SSSR count). The van der Waals surface area contributed by atoms with E-state index in [0.29, 0.717) is 5.69 Å². The number of rotatable bonds is 4. The summed E-state index contributed by atoms with van der Waals surface area (Å²) in [6, 6.07) is 18.4. The minimum atomic E-state index is -1.47. The van der Waals surface area contributed by atoms with Crippen LogP contribution in [-0.2, 0) is 19.0 Å². The minimum absolute atomic E-state index is 0.0838. The maximum Gasteiger partial charge on any atom is 0.408 e. The molecule has 1 heterocycles. The zero-order valence-corrected chi connectivity index (χ0v) is 18.7. The second kappa shape index (κ2) is 9.16. The first-order chi connectivity index (χ1) is 14.2. The van der Waals surface area contributed by atoms with Gasteiger partial charge >= 0.3 is 6.09 Å². The van der Waals surface area contributed by atoms with E-state index in [1.54, 1.807) is 32.9 Å². The Bertz CT molecular complexity index is 862. The SMILES string of the molecule is CC(C)(C)OC(=O)NC1(C(=O)N(Br)c2ccccc2)COC(c2ccccc2)OC1. The monoisotopic (exact) mass is 476 g/mol. The molecule has 0 aromatic heterocycles. The van der Waals surface area contributed by atoms with Crippen LogP contribution in [0.1, 0.15) is 32.6 Å². The predicted octanol–water partition coefficient (Wildman–Crippen LogP) is 4.34. The molecule has 0 saturated carbocycles. The number of anilines is 1. The fourth-order valence-electron chi connectivity index (χ4n) is 2.94. The Morgan fingerprint density at radius 2 is 1.57 bits per heavy atom. The number of ether oxygens (including phenoxy) is 3. The van der Waals surface area contributed by atoms with E-state index < -0.39 is 29.4 Å². The predicted molar refractivity (Wildman–Crippen MR) is 116 cm³/mol. The molecular formula is C22H25BrN2O5. The summed E-state index contributed by atoms with van der Waals surface area (Å²) in [6.45, 7) is 5.09. The Kier molecular flexibility index (Phi) is 6.80. The fraction of sp³-hybridized carbons (Fsp3) is 0.364. The second-order valence-electron chi connectivity index (χ2n) is 8.00. The number of para-hydroxylation sites is 1. The van der Waals surface area contributed by atoms with Crippen molar-refractivity contribution in [3.05, 3.63) is 66.2 Å². The van der Waals surface area contributed by atoms with Crippen LogP contribution in [0, 0.1) is 0 Å². The van der Waals surface area contributed by atoms with Crippen LogP contribution in [0.4, 0.5) is 10.5 Å². The molecule has 1 aliphatic rings. The highest BCUT2D eigenvalue weighted by molar-refractivity contribution is 9.10. The van der Waals surface area contributed by atoms with Crippen LogP contribution in [0.25, 0.3) is 0 Å². The van der Waals surface area contributed by atoms with Gasteiger partial charge in [-0.1, -0.05) is 48.5 Å². The number of hydrogen-bond donors (Lipinski definition) is 1. The first-order valence-electron chi connectivity index (χ1n) is 9.55. The van der Waals surface area contributed by atoms with Gasteiger partial charge in [-0.2, -0.15) is 0 Å². The molecule has 8 heteroatoms. The molecule has 0 radical (unpaired) electrons. The van der Waals surface area contributed by atoms with Crippen LogP contribution < -0.4 is 9.24 Å². The Balaban J connectivity index is 1.82. The largest absolute Gasteiger partial charge is 0.444 e. The van der Waals surface area contributed by atoms with Crippen molar-refractivity contribution >= 4 is 33.8 Å². The van der Waals surface area contributed by atoms with Crippen LogP contribution in [0.2, 0.25) is 0 Å². The lowest BCUT2D eigenvalue weighted by atomic mass is 9.99. The van der Waals surface area contributed by atoms with E-state index in [0.717, 1.165) is 5.56 Å². The van der Waals surface area contributed by atoms with E-state index in [1.807, 2.05) is 48.5 Å². The Labute approximate surface area is 184 Å². The van der Waals surface area contributed by atoms with Gasteiger partial charge in [-0.25, -0.2) is 8.72 Å². The van der Waals surface area contributed by atoms with Gasteiger partial charge in [0.05, 0.1) is 35.0 Å². The lowest BCUT2D eigenvalue weighted by Gasteiger charge is -2.40. The van der Waals surface area contributed by atoms with Crippen LogP contribution in [0.3, 0.4) is 0 Å². The molecule has 160 valence electrons. The number of carbonyl (C=O) groups is 2. The van der Waals surface area contributed by atoms with Gasteiger partial charge in [-0.15, -0.1) is 0 Å². The number of carbonyl (C=O) groups excluding carboxylic acids is 2. The molecule has 0 atom stereocenters. The smallest absolute Gasteiger partial charge is 0.408 e. The number of nitrogens with zero attached hydrogens (tertiary/aromatic N) is 1. The van der Waals surface area contributed by atoms with Gasteiger partial charge in [-0.3, -0.25) is 4.79 Å². The zero-order valence-electron chi connectivity index (χ0n) is 17.1. The highest BCUT2D eigenvalue weighted by Crippen LogP contribution is 2.31. The van der Waals surface area contributed by atoms with Crippen molar-refractivity contribution in [1.82, 2.24) is 5.32 Å². The molecule has 0 spiro atoms. The molecule has 0 bridgehead atoms. The van der Waals surface area contributed by atoms with Gasteiger partial charge in [-0.05, 0) is 32.9 Å². The van der Waals surface area contributed by atoms with E-state index in [-0.39, 0.29) is 13.2 Å². The van der Waals surface area contributed by atoms with Gasteiger partial charge in [0.1, 0.15) is 5.60 Å². The highest BCUT2D eigenvalue weighted by Gasteiger charge is 2.48. The number of amides is 2. The molecule has 2 aromatic carbocycles. The molecule has 0 unspecified atom stereocenters. The Hall–Kier alpha value is -2.42. The number of benzene rings is 2. The molecular weight excluding hydrogens is 452 g/mol. The average Bonchev–Trinajstić information content (AvgIpc) is 2.73. The van der Waals surface area contributed by atoms with E-state index in [1.165, 1.54) is 3.93 Å². The molecule has 2 aromatic rings. The molecule has 1 saturated heterocycles.